The predicted octanol–water partition coefficient (Wildman–Crippen LogP) is 3.91. The molecule has 2 nitrogen and oxygen atoms in total. The van der Waals surface area contributed by atoms with Gasteiger partial charge < -0.3 is 0 Å². The summed E-state index contributed by atoms with van der Waals surface area (Å²) >= 11 is 3.49. The van der Waals surface area contributed by atoms with Crippen molar-refractivity contribution < 1.29 is 9.59 Å². The first-order valence-corrected chi connectivity index (χ1v) is 8.77. The third-order valence-electron chi connectivity index (χ3n) is 5.94. The molecule has 3 aliphatic carbocycles. The number of carbonyl (C=O) groups excluding carboxylic acids is 2. The number of hydrogen-bond acceptors (Lipinski definition) is 2. The minimum absolute atomic E-state index is 0.0323. The van der Waals surface area contributed by atoms with Crippen LogP contribution in [0.2, 0.25) is 0 Å². The molecular weight excluding hydrogens is 328 g/mol. The second-order valence-electron chi connectivity index (χ2n) is 6.82. The zero-order valence-corrected chi connectivity index (χ0v) is 13.7. The smallest absolute Gasteiger partial charge is 0.151 e. The molecule has 1 aromatic carbocycles. The molecule has 0 heterocycles. The molecule has 0 spiro atoms. The summed E-state index contributed by atoms with van der Waals surface area (Å²) in [5.41, 5.74) is 2.09. The summed E-state index contributed by atoms with van der Waals surface area (Å²) < 4.78 is 0.954. The molecule has 0 saturated heterocycles. The number of halogens is 1. The highest BCUT2D eigenvalue weighted by molar-refractivity contribution is 9.10. The summed E-state index contributed by atoms with van der Waals surface area (Å²) in [5, 5.41) is 0. The van der Waals surface area contributed by atoms with Gasteiger partial charge in [0.25, 0.3) is 0 Å². The largest absolute Gasteiger partial charge is 0.298 e. The average molecular weight is 347 g/mol. The number of Topliss-reactive ketones (excluding diaryl/α,β-unsaturated/α-hetero) is 2. The fraction of sp³-hybridized carbons (Fsp3) is 0.556. The first-order valence-electron chi connectivity index (χ1n) is 7.97. The Balaban J connectivity index is 1.78. The Hall–Kier alpha value is -0.960. The lowest BCUT2D eigenvalue weighted by molar-refractivity contribution is -0.125. The van der Waals surface area contributed by atoms with Crippen molar-refractivity contribution in [3.05, 3.63) is 33.8 Å². The van der Waals surface area contributed by atoms with Crippen LogP contribution in [0.4, 0.5) is 0 Å². The highest BCUT2D eigenvalue weighted by Gasteiger charge is 2.61. The van der Waals surface area contributed by atoms with Crippen LogP contribution >= 0.6 is 15.9 Å². The molecule has 3 aliphatic rings. The number of carbonyl (C=O) groups is 2. The van der Waals surface area contributed by atoms with Crippen LogP contribution < -0.4 is 0 Å². The first kappa shape index (κ1) is 13.7. The third kappa shape index (κ3) is 1.82. The summed E-state index contributed by atoms with van der Waals surface area (Å²) in [6.07, 6.45) is 4.27. The van der Waals surface area contributed by atoms with Crippen LogP contribution in [0, 0.1) is 23.7 Å². The van der Waals surface area contributed by atoms with E-state index in [1.165, 1.54) is 0 Å². The van der Waals surface area contributed by atoms with Gasteiger partial charge in [0, 0.05) is 16.3 Å². The number of hydrogen-bond donors (Lipinski definition) is 0. The zero-order valence-electron chi connectivity index (χ0n) is 12.1. The van der Waals surface area contributed by atoms with E-state index in [0.29, 0.717) is 11.8 Å². The number of benzene rings is 1. The Morgan fingerprint density at radius 3 is 2.29 bits per heavy atom. The molecule has 5 atom stereocenters. The van der Waals surface area contributed by atoms with Crippen LogP contribution in [0.15, 0.2) is 22.7 Å². The molecule has 3 unspecified atom stereocenters. The van der Waals surface area contributed by atoms with Gasteiger partial charge in [-0.25, -0.2) is 0 Å². The lowest BCUT2D eigenvalue weighted by Crippen LogP contribution is -2.24. The molecule has 3 heteroatoms. The first-order chi connectivity index (χ1) is 10.1. The van der Waals surface area contributed by atoms with E-state index < -0.39 is 5.92 Å². The SMILES string of the molecule is CCc1ccc(Br)cc1C1C(=O)[C@@H]2C3CCC(C3)[C@@H]2C1=O. The Morgan fingerprint density at radius 1 is 1.10 bits per heavy atom. The van der Waals surface area contributed by atoms with E-state index in [-0.39, 0.29) is 23.4 Å². The van der Waals surface area contributed by atoms with E-state index >= 15 is 0 Å². The lowest BCUT2D eigenvalue weighted by atomic mass is 9.81. The Labute approximate surface area is 133 Å². The molecule has 4 rings (SSSR count). The van der Waals surface area contributed by atoms with Gasteiger partial charge in [0.15, 0.2) is 11.6 Å². The Kier molecular flexibility index (Phi) is 3.11. The molecule has 21 heavy (non-hydrogen) atoms. The van der Waals surface area contributed by atoms with Gasteiger partial charge >= 0.3 is 0 Å². The quantitative estimate of drug-likeness (QED) is 0.760. The van der Waals surface area contributed by atoms with Crippen molar-refractivity contribution in [2.75, 3.05) is 0 Å². The molecule has 0 aliphatic heterocycles. The number of rotatable bonds is 2. The number of fused-ring (bicyclic) bond motifs is 5. The van der Waals surface area contributed by atoms with Gasteiger partial charge in [0.05, 0.1) is 0 Å². The summed E-state index contributed by atoms with van der Waals surface area (Å²) in [6, 6.07) is 6.03. The lowest BCUT2D eigenvalue weighted by Gasteiger charge is -2.21. The molecule has 0 amide bonds. The van der Waals surface area contributed by atoms with E-state index in [1.54, 1.807) is 0 Å². The van der Waals surface area contributed by atoms with Crippen LogP contribution in [-0.2, 0) is 16.0 Å². The standard InChI is InChI=1S/C18H19BrO2/c1-2-9-5-6-12(19)8-13(9)16-17(20)14-10-3-4-11(7-10)15(14)18(16)21/h5-6,8,10-11,14-16H,2-4,7H2,1H3/t10?,11?,14-,15+,16?. The van der Waals surface area contributed by atoms with Crippen LogP contribution in [-0.4, -0.2) is 11.6 Å². The fourth-order valence-corrected chi connectivity index (χ4v) is 5.48. The molecule has 3 saturated carbocycles. The maximum absolute atomic E-state index is 12.9. The second kappa shape index (κ2) is 4.77. The van der Waals surface area contributed by atoms with E-state index in [1.807, 2.05) is 18.2 Å². The maximum atomic E-state index is 12.9. The Morgan fingerprint density at radius 2 is 1.71 bits per heavy atom. The van der Waals surface area contributed by atoms with Crippen LogP contribution in [0.5, 0.6) is 0 Å². The van der Waals surface area contributed by atoms with Crippen molar-refractivity contribution in [3.8, 4) is 0 Å². The average Bonchev–Trinajstić information content (AvgIpc) is 3.13. The molecule has 1 aromatic rings. The van der Waals surface area contributed by atoms with Gasteiger partial charge in [-0.3, -0.25) is 9.59 Å². The van der Waals surface area contributed by atoms with E-state index in [2.05, 4.69) is 22.9 Å². The van der Waals surface area contributed by atoms with E-state index in [9.17, 15) is 9.59 Å². The van der Waals surface area contributed by atoms with Crippen molar-refractivity contribution in [2.24, 2.45) is 23.7 Å². The van der Waals surface area contributed by atoms with Gasteiger partial charge in [-0.05, 0) is 60.8 Å². The minimum atomic E-state index is -0.490. The van der Waals surface area contributed by atoms with Crippen molar-refractivity contribution in [1.29, 1.82) is 0 Å². The Bertz CT molecular complexity index is 608. The summed E-state index contributed by atoms with van der Waals surface area (Å²) in [7, 11) is 0. The molecule has 110 valence electrons. The molecule has 0 radical (unpaired) electrons. The van der Waals surface area contributed by atoms with Gasteiger partial charge in [-0.15, -0.1) is 0 Å². The van der Waals surface area contributed by atoms with Gasteiger partial charge in [-0.2, -0.15) is 0 Å². The van der Waals surface area contributed by atoms with Crippen LogP contribution in [0.25, 0.3) is 0 Å². The monoisotopic (exact) mass is 346 g/mol. The predicted molar refractivity (Wildman–Crippen MR) is 84.1 cm³/mol. The molecule has 0 aromatic heterocycles. The van der Waals surface area contributed by atoms with Crippen molar-refractivity contribution in [2.45, 2.75) is 38.5 Å². The van der Waals surface area contributed by atoms with Gasteiger partial charge in [-0.1, -0.05) is 28.9 Å². The van der Waals surface area contributed by atoms with E-state index in [0.717, 1.165) is 41.3 Å². The summed E-state index contributed by atoms with van der Waals surface area (Å²) in [6.45, 7) is 2.08. The summed E-state index contributed by atoms with van der Waals surface area (Å²) in [4.78, 5) is 25.9. The van der Waals surface area contributed by atoms with Crippen LogP contribution in [0.3, 0.4) is 0 Å². The zero-order chi connectivity index (χ0) is 14.7. The third-order valence-corrected chi connectivity index (χ3v) is 6.44. The summed E-state index contributed by atoms with van der Waals surface area (Å²) in [5.74, 6) is 0.970. The topological polar surface area (TPSA) is 34.1 Å². The number of aryl methyl sites for hydroxylation is 1. The fourth-order valence-electron chi connectivity index (χ4n) is 5.10. The minimum Gasteiger partial charge on any atom is -0.298 e. The number of ketones is 2. The molecular formula is C18H19BrO2. The van der Waals surface area contributed by atoms with Gasteiger partial charge in [0.1, 0.15) is 5.92 Å². The molecule has 3 fully saturated rings. The highest BCUT2D eigenvalue weighted by Crippen LogP contribution is 2.59. The van der Waals surface area contributed by atoms with Crippen molar-refractivity contribution in [1.82, 2.24) is 0 Å². The van der Waals surface area contributed by atoms with Crippen molar-refractivity contribution in [3.63, 3.8) is 0 Å². The van der Waals surface area contributed by atoms with Crippen LogP contribution in [0.1, 0.15) is 43.2 Å². The van der Waals surface area contributed by atoms with Crippen molar-refractivity contribution >= 4 is 27.5 Å². The van der Waals surface area contributed by atoms with E-state index in [4.69, 9.17) is 0 Å². The molecule has 0 N–H and O–H groups in total. The highest BCUT2D eigenvalue weighted by atomic mass is 79.9. The molecule has 2 bridgehead atoms. The maximum Gasteiger partial charge on any atom is 0.151 e. The normalized spacial score (nSPS) is 37.3. The second-order valence-corrected chi connectivity index (χ2v) is 7.73. The van der Waals surface area contributed by atoms with Gasteiger partial charge in [0.2, 0.25) is 0 Å².